The Morgan fingerprint density at radius 1 is 1.39 bits per heavy atom. The van der Waals surface area contributed by atoms with Crippen molar-refractivity contribution in [1.82, 2.24) is 19.8 Å². The van der Waals surface area contributed by atoms with E-state index in [1.807, 2.05) is 32.6 Å². The molecule has 0 radical (unpaired) electrons. The first-order chi connectivity index (χ1) is 10.8. The highest BCUT2D eigenvalue weighted by atomic mass is 32.2. The fourth-order valence-electron chi connectivity index (χ4n) is 3.03. The van der Waals surface area contributed by atoms with Crippen LogP contribution in [0.4, 0.5) is 0 Å². The van der Waals surface area contributed by atoms with Crippen molar-refractivity contribution in [3.8, 4) is 0 Å². The molecule has 2 rings (SSSR count). The third-order valence-electron chi connectivity index (χ3n) is 4.35. The summed E-state index contributed by atoms with van der Waals surface area (Å²) < 4.78 is 1.52. The average Bonchev–Trinajstić information content (AvgIpc) is 2.87. The minimum absolute atomic E-state index is 0.173. The smallest absolute Gasteiger partial charge is 0.236 e. The van der Waals surface area contributed by atoms with Gasteiger partial charge in [0.15, 0.2) is 5.82 Å². The molecule has 1 aromatic heterocycles. The molecule has 23 heavy (non-hydrogen) atoms. The molecule has 0 aromatic carbocycles. The average molecular weight is 340 g/mol. The Hall–Kier alpha value is -1.24. The molecule has 0 spiro atoms. The van der Waals surface area contributed by atoms with Crippen LogP contribution < -0.4 is 5.84 Å². The molecule has 1 fully saturated rings. The Kier molecular flexibility index (Phi) is 5.60. The highest BCUT2D eigenvalue weighted by molar-refractivity contribution is 8.00. The van der Waals surface area contributed by atoms with Gasteiger partial charge in [0, 0.05) is 18.0 Å². The number of carbonyl (C=O) groups is 1. The molecule has 6 nitrogen and oxygen atoms in total. The molecule has 2 unspecified atom stereocenters. The SMILES string of the molecule is CCC1CCCCN1C(=O)C(C)Sc1nnc(C(C)(C)C)n1N. The first kappa shape index (κ1) is 18.1. The zero-order valence-corrected chi connectivity index (χ0v) is 15.7. The lowest BCUT2D eigenvalue weighted by molar-refractivity contribution is -0.134. The van der Waals surface area contributed by atoms with Gasteiger partial charge in [0.25, 0.3) is 0 Å². The molecule has 1 aliphatic heterocycles. The van der Waals surface area contributed by atoms with E-state index >= 15 is 0 Å². The van der Waals surface area contributed by atoms with Gasteiger partial charge < -0.3 is 10.7 Å². The van der Waals surface area contributed by atoms with Gasteiger partial charge in [-0.05, 0) is 32.6 Å². The van der Waals surface area contributed by atoms with Crippen LogP contribution in [0.1, 0.15) is 66.1 Å². The molecule has 1 aliphatic rings. The van der Waals surface area contributed by atoms with Crippen molar-refractivity contribution in [1.29, 1.82) is 0 Å². The number of carbonyl (C=O) groups excluding carboxylic acids is 1. The maximum Gasteiger partial charge on any atom is 0.236 e. The van der Waals surface area contributed by atoms with Crippen LogP contribution in [0.3, 0.4) is 0 Å². The fraction of sp³-hybridized carbons (Fsp3) is 0.812. The lowest BCUT2D eigenvalue weighted by atomic mass is 9.96. The second-order valence-electron chi connectivity index (χ2n) is 7.28. The topological polar surface area (TPSA) is 77.0 Å². The van der Waals surface area contributed by atoms with Gasteiger partial charge in [-0.3, -0.25) is 4.79 Å². The molecular weight excluding hydrogens is 310 g/mol. The third kappa shape index (κ3) is 4.00. The quantitative estimate of drug-likeness (QED) is 0.674. The molecule has 1 saturated heterocycles. The molecule has 2 heterocycles. The molecule has 0 bridgehead atoms. The molecule has 2 atom stereocenters. The van der Waals surface area contributed by atoms with Gasteiger partial charge in [-0.2, -0.15) is 0 Å². The van der Waals surface area contributed by atoms with Gasteiger partial charge in [-0.25, -0.2) is 4.68 Å². The number of piperidine rings is 1. The van der Waals surface area contributed by atoms with Crippen LogP contribution in [0, 0.1) is 0 Å². The molecule has 130 valence electrons. The van der Waals surface area contributed by atoms with Crippen molar-refractivity contribution in [2.45, 2.75) is 82.2 Å². The van der Waals surface area contributed by atoms with Gasteiger partial charge in [0.2, 0.25) is 11.1 Å². The van der Waals surface area contributed by atoms with E-state index in [0.717, 1.165) is 31.6 Å². The van der Waals surface area contributed by atoms with E-state index in [1.165, 1.54) is 22.9 Å². The Bertz CT molecular complexity index is 551. The zero-order chi connectivity index (χ0) is 17.2. The Morgan fingerprint density at radius 3 is 2.65 bits per heavy atom. The summed E-state index contributed by atoms with van der Waals surface area (Å²) in [6, 6.07) is 0.375. The minimum atomic E-state index is -0.207. The van der Waals surface area contributed by atoms with Crippen LogP contribution in [0.25, 0.3) is 0 Å². The van der Waals surface area contributed by atoms with Crippen molar-refractivity contribution in [3.05, 3.63) is 5.82 Å². The van der Waals surface area contributed by atoms with Crippen LogP contribution in [0.15, 0.2) is 5.16 Å². The lowest BCUT2D eigenvalue weighted by Crippen LogP contribution is -2.46. The van der Waals surface area contributed by atoms with Gasteiger partial charge >= 0.3 is 0 Å². The van der Waals surface area contributed by atoms with E-state index < -0.39 is 0 Å². The maximum absolute atomic E-state index is 12.8. The van der Waals surface area contributed by atoms with E-state index in [4.69, 9.17) is 5.84 Å². The summed E-state index contributed by atoms with van der Waals surface area (Å²) in [5.41, 5.74) is -0.173. The van der Waals surface area contributed by atoms with Crippen molar-refractivity contribution >= 4 is 17.7 Å². The molecule has 1 amide bonds. The van der Waals surface area contributed by atoms with E-state index in [-0.39, 0.29) is 16.6 Å². The molecule has 7 heteroatoms. The van der Waals surface area contributed by atoms with Crippen molar-refractivity contribution in [3.63, 3.8) is 0 Å². The van der Waals surface area contributed by atoms with Crippen molar-refractivity contribution < 1.29 is 4.79 Å². The normalized spacial score (nSPS) is 20.6. The Labute approximate surface area is 143 Å². The number of hydrogen-bond acceptors (Lipinski definition) is 5. The number of nitrogen functional groups attached to an aromatic ring is 1. The maximum atomic E-state index is 12.8. The molecule has 0 aliphatic carbocycles. The second kappa shape index (κ2) is 7.11. The van der Waals surface area contributed by atoms with E-state index in [9.17, 15) is 4.79 Å². The van der Waals surface area contributed by atoms with Gasteiger partial charge in [0.1, 0.15) is 0 Å². The largest absolute Gasteiger partial charge is 0.339 e. The number of nitrogens with zero attached hydrogens (tertiary/aromatic N) is 4. The number of amides is 1. The summed E-state index contributed by atoms with van der Waals surface area (Å²) in [5.74, 6) is 7.02. The first-order valence-corrected chi connectivity index (χ1v) is 9.31. The summed E-state index contributed by atoms with van der Waals surface area (Å²) in [6.45, 7) is 11.1. The fourth-order valence-corrected chi connectivity index (χ4v) is 3.87. The van der Waals surface area contributed by atoms with Crippen LogP contribution in [-0.2, 0) is 10.2 Å². The zero-order valence-electron chi connectivity index (χ0n) is 14.9. The lowest BCUT2D eigenvalue weighted by Gasteiger charge is -2.36. The highest BCUT2D eigenvalue weighted by Crippen LogP contribution is 2.28. The van der Waals surface area contributed by atoms with E-state index in [2.05, 4.69) is 17.1 Å². The number of rotatable bonds is 4. The van der Waals surface area contributed by atoms with Crippen molar-refractivity contribution in [2.75, 3.05) is 12.4 Å². The van der Waals surface area contributed by atoms with Crippen LogP contribution in [-0.4, -0.2) is 43.5 Å². The van der Waals surface area contributed by atoms with Gasteiger partial charge in [0.05, 0.1) is 5.25 Å². The standard InChI is InChI=1S/C16H29N5OS/c1-6-12-9-7-8-10-20(12)13(22)11(2)23-15-19-18-14(21(15)17)16(3,4)5/h11-12H,6-10,17H2,1-5H3. The summed E-state index contributed by atoms with van der Waals surface area (Å²) in [5, 5.41) is 8.75. The Morgan fingerprint density at radius 2 is 2.09 bits per heavy atom. The molecular formula is C16H29N5OS. The Balaban J connectivity index is 2.08. The monoisotopic (exact) mass is 339 g/mol. The predicted octanol–water partition coefficient (Wildman–Crippen LogP) is 2.56. The predicted molar refractivity (Wildman–Crippen MR) is 93.8 cm³/mol. The molecule has 2 N–H and O–H groups in total. The summed E-state index contributed by atoms with van der Waals surface area (Å²) in [6.07, 6.45) is 4.45. The summed E-state index contributed by atoms with van der Waals surface area (Å²) >= 11 is 1.39. The summed E-state index contributed by atoms with van der Waals surface area (Å²) in [7, 11) is 0. The van der Waals surface area contributed by atoms with E-state index in [0.29, 0.717) is 11.2 Å². The van der Waals surface area contributed by atoms with Crippen LogP contribution in [0.5, 0.6) is 0 Å². The number of nitrogens with two attached hydrogens (primary N) is 1. The molecule has 0 saturated carbocycles. The summed E-state index contributed by atoms with van der Waals surface area (Å²) in [4.78, 5) is 14.8. The number of likely N-dealkylation sites (tertiary alicyclic amines) is 1. The number of hydrogen-bond donors (Lipinski definition) is 1. The first-order valence-electron chi connectivity index (χ1n) is 8.43. The third-order valence-corrected chi connectivity index (χ3v) is 5.39. The number of thioether (sulfide) groups is 1. The number of aromatic nitrogens is 3. The van der Waals surface area contributed by atoms with Crippen LogP contribution in [0.2, 0.25) is 0 Å². The van der Waals surface area contributed by atoms with Gasteiger partial charge in [-0.1, -0.05) is 39.5 Å². The van der Waals surface area contributed by atoms with Gasteiger partial charge in [-0.15, -0.1) is 10.2 Å². The minimum Gasteiger partial charge on any atom is -0.339 e. The highest BCUT2D eigenvalue weighted by Gasteiger charge is 2.31. The van der Waals surface area contributed by atoms with E-state index in [1.54, 1.807) is 0 Å². The second-order valence-corrected chi connectivity index (χ2v) is 8.58. The molecule has 1 aromatic rings. The van der Waals surface area contributed by atoms with Crippen molar-refractivity contribution in [2.24, 2.45) is 0 Å². The van der Waals surface area contributed by atoms with Crippen LogP contribution >= 0.6 is 11.8 Å².